The zero-order chi connectivity index (χ0) is 16.1. The fourth-order valence-corrected chi connectivity index (χ4v) is 2.19. The number of aromatic amines is 1. The van der Waals surface area contributed by atoms with Crippen LogP contribution in [0, 0.1) is 6.92 Å². The molecule has 2 aromatic rings. The van der Waals surface area contributed by atoms with E-state index in [0.717, 1.165) is 15.6 Å². The van der Waals surface area contributed by atoms with Gasteiger partial charge in [0.05, 0.1) is 7.11 Å². The number of aryl methyl sites for hydroxylation is 1. The number of nitrogens with one attached hydrogen (secondary N) is 1. The smallest absolute Gasteiger partial charge is 0.364 e. The summed E-state index contributed by atoms with van der Waals surface area (Å²) in [7, 11) is 1.23. The van der Waals surface area contributed by atoms with Crippen molar-refractivity contribution < 1.29 is 40.6 Å². The number of rotatable bonds is 5. The van der Waals surface area contributed by atoms with Crippen LogP contribution in [0.5, 0.6) is 0 Å². The Morgan fingerprint density at radius 1 is 1.35 bits per heavy atom. The summed E-state index contributed by atoms with van der Waals surface area (Å²) in [5.74, 6) is -1.35. The zero-order valence-electron chi connectivity index (χ0n) is 12.6. The second-order valence-electron chi connectivity index (χ2n) is 4.68. The highest BCUT2D eigenvalue weighted by Gasteiger charge is 2.35. The highest BCUT2D eigenvalue weighted by atomic mass is 79.9. The van der Waals surface area contributed by atoms with Crippen LogP contribution in [0.15, 0.2) is 41.4 Å². The summed E-state index contributed by atoms with van der Waals surface area (Å²) in [6, 6.07) is 4.49. The van der Waals surface area contributed by atoms with Gasteiger partial charge in [-0.05, 0) is 24.1 Å². The Labute approximate surface area is 152 Å². The topological polar surface area (TPSA) is 72.3 Å². The maximum absolute atomic E-state index is 12.2. The summed E-state index contributed by atoms with van der Waals surface area (Å²) in [6.07, 6.45) is 4.65. The minimum Gasteiger partial charge on any atom is -1.00 e. The number of aromatic nitrogens is 2. The number of methoxy groups -OCH3 is 1. The van der Waals surface area contributed by atoms with Gasteiger partial charge in [-0.3, -0.25) is 4.98 Å². The Morgan fingerprint density at radius 2 is 2.09 bits per heavy atom. The van der Waals surface area contributed by atoms with Gasteiger partial charge in [0.2, 0.25) is 6.33 Å². The van der Waals surface area contributed by atoms with Crippen LogP contribution in [0.2, 0.25) is 0 Å². The lowest BCUT2D eigenvalue weighted by Gasteiger charge is -2.11. The molecule has 0 amide bonds. The summed E-state index contributed by atoms with van der Waals surface area (Å²) < 4.78 is 12.3. The van der Waals surface area contributed by atoms with Crippen molar-refractivity contribution in [2.45, 2.75) is 19.6 Å². The van der Waals surface area contributed by atoms with Crippen LogP contribution in [0.1, 0.15) is 17.2 Å². The Hall–Kier alpha value is -1.67. The molecule has 23 heavy (non-hydrogen) atoms. The number of esters is 2. The molecule has 0 aliphatic heterocycles. The van der Waals surface area contributed by atoms with Crippen molar-refractivity contribution in [3.8, 4) is 0 Å². The van der Waals surface area contributed by atoms with Crippen molar-refractivity contribution >= 4 is 27.9 Å². The number of benzene rings is 1. The molecule has 6 nitrogen and oxygen atoms in total. The minimum atomic E-state index is -1.16. The first-order valence-electron chi connectivity index (χ1n) is 6.56. The van der Waals surface area contributed by atoms with E-state index < -0.39 is 18.0 Å². The molecule has 0 aliphatic rings. The highest BCUT2D eigenvalue weighted by molar-refractivity contribution is 9.10. The molecule has 1 aromatic heterocycles. The molecule has 2 rings (SSSR count). The van der Waals surface area contributed by atoms with Crippen LogP contribution in [0.25, 0.3) is 0 Å². The SMILES string of the molecule is COC(=O)C(C(=O)OCc1ccc(Br)c(C)c1)[n+]1cc[nH]c1.[Br-]. The second kappa shape index (κ2) is 8.83. The normalized spacial score (nSPS) is 11.3. The van der Waals surface area contributed by atoms with Gasteiger partial charge >= 0.3 is 11.9 Å². The van der Waals surface area contributed by atoms with Crippen molar-refractivity contribution in [2.24, 2.45) is 0 Å². The number of ether oxygens (including phenoxy) is 2. The largest absolute Gasteiger partial charge is 1.00 e. The third-order valence-electron chi connectivity index (χ3n) is 3.12. The van der Waals surface area contributed by atoms with Crippen LogP contribution >= 0.6 is 15.9 Å². The molecule has 0 saturated heterocycles. The quantitative estimate of drug-likeness (QED) is 0.356. The number of nitrogens with zero attached hydrogens (tertiary/aromatic N) is 1. The summed E-state index contributed by atoms with van der Waals surface area (Å²) in [6.45, 7) is 2.04. The molecule has 0 spiro atoms. The fraction of sp³-hybridized carbons (Fsp3) is 0.267. The fourth-order valence-electron chi connectivity index (χ4n) is 1.94. The number of hydrogen-bond donors (Lipinski definition) is 1. The van der Waals surface area contributed by atoms with Gasteiger partial charge < -0.3 is 26.5 Å². The molecule has 124 valence electrons. The molecule has 0 bridgehead atoms. The third-order valence-corrected chi connectivity index (χ3v) is 4.01. The average Bonchev–Trinajstić information content (AvgIpc) is 3.02. The molecule has 1 N–H and O–H groups in total. The van der Waals surface area contributed by atoms with Gasteiger partial charge in [0, 0.05) is 4.47 Å². The van der Waals surface area contributed by atoms with Crippen LogP contribution in [-0.2, 0) is 25.7 Å². The molecule has 8 heteroatoms. The van der Waals surface area contributed by atoms with Gasteiger partial charge in [-0.2, -0.15) is 0 Å². The molecule has 1 aromatic carbocycles. The maximum Gasteiger partial charge on any atom is 0.364 e. The van der Waals surface area contributed by atoms with E-state index in [4.69, 9.17) is 4.74 Å². The number of imidazole rings is 1. The molecule has 0 radical (unpaired) electrons. The van der Waals surface area contributed by atoms with E-state index in [1.165, 1.54) is 18.0 Å². The zero-order valence-corrected chi connectivity index (χ0v) is 15.8. The number of halogens is 2. The molecule has 0 saturated carbocycles. The monoisotopic (exact) mass is 446 g/mol. The summed E-state index contributed by atoms with van der Waals surface area (Å²) >= 11 is 3.41. The number of carbonyl (C=O) groups is 2. The maximum atomic E-state index is 12.2. The predicted molar refractivity (Wildman–Crippen MR) is 80.7 cm³/mol. The standard InChI is InChI=1S/C15H15BrN2O4.BrH/c1-10-7-11(3-4-12(10)16)8-22-15(20)13(14(19)21-2)18-6-5-17-9-18;/h3-7,9,13H,8H2,1-2H3;1H. The molecule has 1 atom stereocenters. The van der Waals surface area contributed by atoms with Gasteiger partial charge in [-0.1, -0.05) is 28.1 Å². The lowest BCUT2D eigenvalue weighted by atomic mass is 10.1. The van der Waals surface area contributed by atoms with Gasteiger partial charge in [-0.25, -0.2) is 14.2 Å². The molecular formula is C15H16Br2N2O4. The lowest BCUT2D eigenvalue weighted by molar-refractivity contribution is -0.698. The number of hydrogen-bond acceptors (Lipinski definition) is 4. The number of carbonyl (C=O) groups excluding carboxylic acids is 2. The van der Waals surface area contributed by atoms with E-state index in [0.29, 0.717) is 0 Å². The van der Waals surface area contributed by atoms with Crippen molar-refractivity contribution in [3.05, 3.63) is 52.5 Å². The molecule has 1 unspecified atom stereocenters. The van der Waals surface area contributed by atoms with Gasteiger partial charge in [0.25, 0.3) is 6.04 Å². The lowest BCUT2D eigenvalue weighted by Crippen LogP contribution is -3.00. The first kappa shape index (κ1) is 19.4. The van der Waals surface area contributed by atoms with E-state index in [9.17, 15) is 9.59 Å². The van der Waals surface area contributed by atoms with Crippen molar-refractivity contribution in [2.75, 3.05) is 7.11 Å². The second-order valence-corrected chi connectivity index (χ2v) is 5.53. The van der Waals surface area contributed by atoms with Crippen LogP contribution in [0.4, 0.5) is 0 Å². The van der Waals surface area contributed by atoms with Crippen LogP contribution < -0.4 is 21.5 Å². The first-order valence-corrected chi connectivity index (χ1v) is 7.35. The molecule has 0 fully saturated rings. The van der Waals surface area contributed by atoms with Crippen LogP contribution in [-0.4, -0.2) is 24.0 Å². The van der Waals surface area contributed by atoms with Gasteiger partial charge in [0.15, 0.2) is 0 Å². The van der Waals surface area contributed by atoms with Crippen molar-refractivity contribution in [3.63, 3.8) is 0 Å². The Bertz CT molecular complexity index is 674. The summed E-state index contributed by atoms with van der Waals surface area (Å²) in [5, 5.41) is 0. The van der Waals surface area contributed by atoms with Gasteiger partial charge in [-0.15, -0.1) is 0 Å². The first-order chi connectivity index (χ1) is 10.5. The van der Waals surface area contributed by atoms with Crippen molar-refractivity contribution in [1.82, 2.24) is 4.98 Å². The third kappa shape index (κ3) is 4.90. The van der Waals surface area contributed by atoms with E-state index in [-0.39, 0.29) is 23.6 Å². The molecular weight excluding hydrogens is 432 g/mol. The minimum absolute atomic E-state index is 0. The Kier molecular flexibility index (Phi) is 7.44. The molecule has 1 heterocycles. The summed E-state index contributed by atoms with van der Waals surface area (Å²) in [4.78, 5) is 26.8. The van der Waals surface area contributed by atoms with E-state index in [2.05, 4.69) is 25.7 Å². The van der Waals surface area contributed by atoms with Crippen LogP contribution in [0.3, 0.4) is 0 Å². The van der Waals surface area contributed by atoms with Crippen molar-refractivity contribution in [1.29, 1.82) is 0 Å². The Balaban J connectivity index is 0.00000264. The van der Waals surface area contributed by atoms with Gasteiger partial charge in [0.1, 0.15) is 19.0 Å². The average molecular weight is 448 g/mol. The van der Waals surface area contributed by atoms with E-state index in [1.54, 1.807) is 12.4 Å². The highest BCUT2D eigenvalue weighted by Crippen LogP contribution is 2.18. The van der Waals surface area contributed by atoms with E-state index in [1.807, 2.05) is 25.1 Å². The Morgan fingerprint density at radius 3 is 2.65 bits per heavy atom. The predicted octanol–water partition coefficient (Wildman–Crippen LogP) is -1.17. The van der Waals surface area contributed by atoms with E-state index >= 15 is 0 Å². The number of H-pyrrole nitrogens is 1. The summed E-state index contributed by atoms with van der Waals surface area (Å²) in [5.41, 5.74) is 1.88. The molecule has 0 aliphatic carbocycles.